The van der Waals surface area contributed by atoms with Crippen LogP contribution in [0.25, 0.3) is 11.0 Å². The van der Waals surface area contributed by atoms with Crippen LogP contribution in [0.15, 0.2) is 29.3 Å². The Morgan fingerprint density at radius 2 is 1.86 bits per heavy atom. The molecule has 7 nitrogen and oxygen atoms in total. The van der Waals surface area contributed by atoms with Gasteiger partial charge in [0, 0.05) is 33.1 Å². The maximum Gasteiger partial charge on any atom is 0.305 e. The summed E-state index contributed by atoms with van der Waals surface area (Å²) in [5, 5.41) is 6.66. The van der Waals surface area contributed by atoms with E-state index in [1.807, 2.05) is 19.1 Å². The number of hydrogen-bond acceptors (Lipinski definition) is 4. The van der Waals surface area contributed by atoms with Crippen LogP contribution in [0.4, 0.5) is 0 Å². The predicted octanol–water partition coefficient (Wildman–Crippen LogP) is 3.25. The summed E-state index contributed by atoms with van der Waals surface area (Å²) in [4.78, 5) is 19.9. The molecule has 28 heavy (non-hydrogen) atoms. The summed E-state index contributed by atoms with van der Waals surface area (Å²) in [6.07, 6.45) is 4.33. The predicted molar refractivity (Wildman–Crippen MR) is 124 cm³/mol. The van der Waals surface area contributed by atoms with Crippen LogP contribution in [-0.4, -0.2) is 48.7 Å². The summed E-state index contributed by atoms with van der Waals surface area (Å²) >= 11 is 0. The van der Waals surface area contributed by atoms with E-state index in [-0.39, 0.29) is 29.9 Å². The first-order chi connectivity index (χ1) is 13.2. The molecule has 156 valence electrons. The van der Waals surface area contributed by atoms with Gasteiger partial charge in [-0.2, -0.15) is 0 Å². The standard InChI is InChI=1S/C20H31N5O2.HI/c1-16-24-17-10-6-7-11-18(17)25(16)15-9-14-23-20(21-2)22-13-8-4-5-12-19(26)27-3;/h6-7,10-11H,4-5,8-9,12-15H2,1-3H3,(H2,21,22,23);1H. The lowest BCUT2D eigenvalue weighted by molar-refractivity contribution is -0.140. The highest BCUT2D eigenvalue weighted by Crippen LogP contribution is 2.15. The molecular weight excluding hydrogens is 469 g/mol. The lowest BCUT2D eigenvalue weighted by Gasteiger charge is -2.12. The molecule has 0 aliphatic rings. The fourth-order valence-electron chi connectivity index (χ4n) is 3.02. The van der Waals surface area contributed by atoms with Gasteiger partial charge in [-0.1, -0.05) is 18.6 Å². The van der Waals surface area contributed by atoms with Gasteiger partial charge in [0.25, 0.3) is 0 Å². The van der Waals surface area contributed by atoms with Gasteiger partial charge in [-0.15, -0.1) is 24.0 Å². The van der Waals surface area contributed by atoms with Gasteiger partial charge in [0.15, 0.2) is 5.96 Å². The molecule has 0 saturated heterocycles. The highest BCUT2D eigenvalue weighted by Gasteiger charge is 2.06. The summed E-state index contributed by atoms with van der Waals surface area (Å²) in [6.45, 7) is 4.65. The Morgan fingerprint density at radius 1 is 1.14 bits per heavy atom. The van der Waals surface area contributed by atoms with Crippen LogP contribution < -0.4 is 10.6 Å². The third-order valence-electron chi connectivity index (χ3n) is 4.50. The summed E-state index contributed by atoms with van der Waals surface area (Å²) in [5.74, 6) is 1.72. The molecule has 1 aromatic heterocycles. The molecule has 0 fully saturated rings. The number of ether oxygens (including phenoxy) is 1. The van der Waals surface area contributed by atoms with E-state index in [9.17, 15) is 4.79 Å². The zero-order chi connectivity index (χ0) is 19.5. The number of aliphatic imine (C=N–C) groups is 1. The Hall–Kier alpha value is -1.84. The van der Waals surface area contributed by atoms with Crippen LogP contribution in [-0.2, 0) is 16.1 Å². The minimum absolute atomic E-state index is 0. The number of carbonyl (C=O) groups excluding carboxylic acids is 1. The largest absolute Gasteiger partial charge is 0.469 e. The van der Waals surface area contributed by atoms with E-state index >= 15 is 0 Å². The van der Waals surface area contributed by atoms with Crippen LogP contribution >= 0.6 is 24.0 Å². The first-order valence-electron chi connectivity index (χ1n) is 9.59. The fourth-order valence-corrected chi connectivity index (χ4v) is 3.02. The maximum absolute atomic E-state index is 11.1. The minimum atomic E-state index is -0.138. The smallest absolute Gasteiger partial charge is 0.305 e. The number of aryl methyl sites for hydroxylation is 2. The number of halogens is 1. The first-order valence-corrected chi connectivity index (χ1v) is 9.59. The molecule has 0 aliphatic carbocycles. The van der Waals surface area contributed by atoms with Crippen molar-refractivity contribution in [1.29, 1.82) is 0 Å². The van der Waals surface area contributed by atoms with E-state index in [4.69, 9.17) is 0 Å². The molecule has 1 heterocycles. The Kier molecular flexibility index (Phi) is 11.5. The number of esters is 1. The quantitative estimate of drug-likeness (QED) is 0.172. The van der Waals surface area contributed by atoms with E-state index < -0.39 is 0 Å². The average molecular weight is 501 g/mol. The monoisotopic (exact) mass is 501 g/mol. The highest BCUT2D eigenvalue weighted by molar-refractivity contribution is 14.0. The number of benzene rings is 1. The van der Waals surface area contributed by atoms with Crippen molar-refractivity contribution in [3.63, 3.8) is 0 Å². The molecule has 0 amide bonds. The maximum atomic E-state index is 11.1. The van der Waals surface area contributed by atoms with E-state index in [1.165, 1.54) is 12.6 Å². The number of nitrogens with zero attached hydrogens (tertiary/aromatic N) is 3. The number of rotatable bonds is 10. The molecule has 0 unspecified atom stereocenters. The van der Waals surface area contributed by atoms with E-state index in [0.29, 0.717) is 6.42 Å². The van der Waals surface area contributed by atoms with Gasteiger partial charge in [0.05, 0.1) is 18.1 Å². The van der Waals surface area contributed by atoms with Gasteiger partial charge < -0.3 is 19.9 Å². The second-order valence-corrected chi connectivity index (χ2v) is 6.47. The van der Waals surface area contributed by atoms with Crippen LogP contribution in [0.3, 0.4) is 0 Å². The van der Waals surface area contributed by atoms with E-state index in [1.54, 1.807) is 7.05 Å². The zero-order valence-electron chi connectivity index (χ0n) is 17.0. The number of nitrogens with one attached hydrogen (secondary N) is 2. The number of fused-ring (bicyclic) bond motifs is 1. The highest BCUT2D eigenvalue weighted by atomic mass is 127. The van der Waals surface area contributed by atoms with Gasteiger partial charge in [-0.05, 0) is 38.3 Å². The van der Waals surface area contributed by atoms with Crippen LogP contribution in [0, 0.1) is 6.92 Å². The number of unbranched alkanes of at least 4 members (excludes halogenated alkanes) is 2. The molecular formula is C20H32IN5O2. The number of carbonyl (C=O) groups is 1. The van der Waals surface area contributed by atoms with Gasteiger partial charge >= 0.3 is 5.97 Å². The molecule has 0 aliphatic heterocycles. The topological polar surface area (TPSA) is 80.5 Å². The Morgan fingerprint density at radius 3 is 2.57 bits per heavy atom. The summed E-state index contributed by atoms with van der Waals surface area (Å²) < 4.78 is 6.89. The zero-order valence-corrected chi connectivity index (χ0v) is 19.4. The Balaban J connectivity index is 0.00000392. The van der Waals surface area contributed by atoms with Gasteiger partial charge in [0.1, 0.15) is 5.82 Å². The Bertz CT molecular complexity index is 760. The fraction of sp³-hybridized carbons (Fsp3) is 0.550. The van der Waals surface area contributed by atoms with Crippen molar-refractivity contribution in [3.8, 4) is 0 Å². The van der Waals surface area contributed by atoms with Crippen molar-refractivity contribution in [2.75, 3.05) is 27.2 Å². The number of hydrogen-bond donors (Lipinski definition) is 2. The minimum Gasteiger partial charge on any atom is -0.469 e. The van der Waals surface area contributed by atoms with Gasteiger partial charge in [-0.25, -0.2) is 4.98 Å². The van der Waals surface area contributed by atoms with Crippen molar-refractivity contribution < 1.29 is 9.53 Å². The lowest BCUT2D eigenvalue weighted by atomic mass is 10.2. The number of guanidine groups is 1. The molecule has 2 aromatic rings. The lowest BCUT2D eigenvalue weighted by Crippen LogP contribution is -2.38. The molecule has 0 bridgehead atoms. The van der Waals surface area contributed by atoms with Gasteiger partial charge in [-0.3, -0.25) is 9.79 Å². The van der Waals surface area contributed by atoms with Crippen LogP contribution in [0.1, 0.15) is 37.9 Å². The summed E-state index contributed by atoms with van der Waals surface area (Å²) in [6, 6.07) is 8.23. The molecule has 0 saturated carbocycles. The van der Waals surface area contributed by atoms with Crippen molar-refractivity contribution in [2.24, 2.45) is 4.99 Å². The molecule has 2 N–H and O–H groups in total. The molecule has 0 atom stereocenters. The second kappa shape index (κ2) is 13.4. The molecule has 0 spiro atoms. The number of imidazole rings is 1. The second-order valence-electron chi connectivity index (χ2n) is 6.47. The number of methoxy groups -OCH3 is 1. The third-order valence-corrected chi connectivity index (χ3v) is 4.50. The number of aromatic nitrogens is 2. The molecule has 0 radical (unpaired) electrons. The van der Waals surface area contributed by atoms with E-state index in [0.717, 1.165) is 62.6 Å². The summed E-state index contributed by atoms with van der Waals surface area (Å²) in [7, 11) is 3.20. The third kappa shape index (κ3) is 7.65. The average Bonchev–Trinajstić information content (AvgIpc) is 3.01. The molecule has 1 aromatic carbocycles. The number of para-hydroxylation sites is 2. The molecule has 2 rings (SSSR count). The SMILES string of the molecule is CN=C(NCCCCCC(=O)OC)NCCCn1c(C)nc2ccccc21.I. The van der Waals surface area contributed by atoms with Crippen LogP contribution in [0.2, 0.25) is 0 Å². The molecule has 8 heteroatoms. The van der Waals surface area contributed by atoms with Crippen molar-refractivity contribution in [2.45, 2.75) is 45.6 Å². The van der Waals surface area contributed by atoms with Crippen LogP contribution in [0.5, 0.6) is 0 Å². The van der Waals surface area contributed by atoms with Crippen molar-refractivity contribution in [1.82, 2.24) is 20.2 Å². The normalized spacial score (nSPS) is 11.2. The van der Waals surface area contributed by atoms with Crippen molar-refractivity contribution in [3.05, 3.63) is 30.1 Å². The van der Waals surface area contributed by atoms with Crippen molar-refractivity contribution >= 4 is 46.9 Å². The van der Waals surface area contributed by atoms with Gasteiger partial charge in [0.2, 0.25) is 0 Å². The Labute approximate surface area is 184 Å². The van der Waals surface area contributed by atoms with E-state index in [2.05, 4.69) is 42.0 Å². The first kappa shape index (κ1) is 24.2. The summed E-state index contributed by atoms with van der Waals surface area (Å²) in [5.41, 5.74) is 2.23.